The van der Waals surface area contributed by atoms with Crippen LogP contribution in [-0.4, -0.2) is 26.6 Å². The predicted octanol–water partition coefficient (Wildman–Crippen LogP) is 3.24. The van der Waals surface area contributed by atoms with E-state index >= 15 is 0 Å². The number of benzene rings is 2. The summed E-state index contributed by atoms with van der Waals surface area (Å²) in [5.74, 6) is -1.03. The maximum atomic E-state index is 13.3. The second-order valence-electron chi connectivity index (χ2n) is 6.00. The molecule has 0 fully saturated rings. The number of hydrogen-bond acceptors (Lipinski definition) is 3. The van der Waals surface area contributed by atoms with E-state index in [1.54, 1.807) is 18.2 Å². The van der Waals surface area contributed by atoms with Gasteiger partial charge in [0.25, 0.3) is 0 Å². The van der Waals surface area contributed by atoms with Crippen LogP contribution in [0.25, 0.3) is 0 Å². The molecular weight excluding hydrogens is 343 g/mol. The smallest absolute Gasteiger partial charge is 0.247 e. The van der Waals surface area contributed by atoms with Crippen LogP contribution in [0, 0.1) is 19.7 Å². The minimum absolute atomic E-state index is 0.269. The molecule has 0 aliphatic heterocycles. The summed E-state index contributed by atoms with van der Waals surface area (Å²) in [5, 5.41) is 2.55. The summed E-state index contributed by atoms with van der Waals surface area (Å²) in [4.78, 5) is 12.5. The van der Waals surface area contributed by atoms with Gasteiger partial charge in [0.05, 0.1) is 11.9 Å². The van der Waals surface area contributed by atoms with Crippen LogP contribution in [-0.2, 0) is 14.8 Å². The van der Waals surface area contributed by atoms with Gasteiger partial charge in [0.15, 0.2) is 0 Å². The highest BCUT2D eigenvalue weighted by atomic mass is 32.2. The molecule has 134 valence electrons. The first-order valence-corrected chi connectivity index (χ1v) is 9.57. The van der Waals surface area contributed by atoms with E-state index < -0.39 is 27.8 Å². The SMILES string of the molecule is Cc1ccc(N([C@H](C)C(=O)Nc2cccc(F)c2)S(C)(=O)=O)cc1C. The fourth-order valence-electron chi connectivity index (χ4n) is 2.48. The topological polar surface area (TPSA) is 66.5 Å². The predicted molar refractivity (Wildman–Crippen MR) is 97.7 cm³/mol. The zero-order valence-electron chi connectivity index (χ0n) is 14.6. The van der Waals surface area contributed by atoms with Crippen LogP contribution in [0.15, 0.2) is 42.5 Å². The van der Waals surface area contributed by atoms with Crippen LogP contribution < -0.4 is 9.62 Å². The summed E-state index contributed by atoms with van der Waals surface area (Å²) in [6.07, 6.45) is 1.05. The molecule has 0 unspecified atom stereocenters. The number of nitrogens with one attached hydrogen (secondary N) is 1. The quantitative estimate of drug-likeness (QED) is 0.886. The van der Waals surface area contributed by atoms with Gasteiger partial charge in [-0.15, -0.1) is 0 Å². The lowest BCUT2D eigenvalue weighted by molar-refractivity contribution is -0.116. The summed E-state index contributed by atoms with van der Waals surface area (Å²) < 4.78 is 38.9. The third-order valence-electron chi connectivity index (χ3n) is 3.93. The summed E-state index contributed by atoms with van der Waals surface area (Å²) in [5.41, 5.74) is 2.62. The van der Waals surface area contributed by atoms with E-state index in [2.05, 4.69) is 5.32 Å². The van der Waals surface area contributed by atoms with Crippen molar-refractivity contribution >= 4 is 27.3 Å². The molecule has 1 atom stereocenters. The number of hydrogen-bond donors (Lipinski definition) is 1. The fraction of sp³-hybridized carbons (Fsp3) is 0.278. The lowest BCUT2D eigenvalue weighted by atomic mass is 10.1. The maximum absolute atomic E-state index is 13.3. The van der Waals surface area contributed by atoms with Gasteiger partial charge < -0.3 is 5.32 Å². The number of anilines is 2. The van der Waals surface area contributed by atoms with E-state index in [0.29, 0.717) is 5.69 Å². The third kappa shape index (κ3) is 4.57. The van der Waals surface area contributed by atoms with Crippen molar-refractivity contribution in [3.05, 3.63) is 59.4 Å². The number of carbonyl (C=O) groups is 1. The molecule has 0 aliphatic rings. The van der Waals surface area contributed by atoms with Gasteiger partial charge in [-0.1, -0.05) is 12.1 Å². The zero-order valence-corrected chi connectivity index (χ0v) is 15.4. The Kier molecular flexibility index (Phi) is 5.47. The Morgan fingerprint density at radius 1 is 1.12 bits per heavy atom. The molecule has 7 heteroatoms. The summed E-state index contributed by atoms with van der Waals surface area (Å²) in [6, 6.07) is 9.63. The molecule has 25 heavy (non-hydrogen) atoms. The van der Waals surface area contributed by atoms with Gasteiger partial charge in [-0.3, -0.25) is 9.10 Å². The van der Waals surface area contributed by atoms with Crippen LogP contribution in [0.2, 0.25) is 0 Å². The molecule has 0 bridgehead atoms. The molecule has 2 rings (SSSR count). The monoisotopic (exact) mass is 364 g/mol. The molecule has 1 N–H and O–H groups in total. The lowest BCUT2D eigenvalue weighted by Gasteiger charge is -2.28. The highest BCUT2D eigenvalue weighted by molar-refractivity contribution is 7.92. The highest BCUT2D eigenvalue weighted by Crippen LogP contribution is 2.24. The van der Waals surface area contributed by atoms with Gasteiger partial charge in [-0.05, 0) is 62.2 Å². The molecule has 0 saturated heterocycles. The Hall–Kier alpha value is -2.41. The van der Waals surface area contributed by atoms with Gasteiger partial charge in [0.1, 0.15) is 11.9 Å². The standard InChI is InChI=1S/C18H21FN2O3S/c1-12-8-9-17(10-13(12)2)21(25(4,23)24)14(3)18(22)20-16-7-5-6-15(19)11-16/h5-11,14H,1-4H3,(H,20,22)/t14-/m1/s1. The van der Waals surface area contributed by atoms with Crippen LogP contribution in [0.5, 0.6) is 0 Å². The van der Waals surface area contributed by atoms with Crippen LogP contribution in [0.3, 0.4) is 0 Å². The van der Waals surface area contributed by atoms with E-state index in [1.165, 1.54) is 31.2 Å². The van der Waals surface area contributed by atoms with E-state index in [0.717, 1.165) is 21.7 Å². The zero-order chi connectivity index (χ0) is 18.8. The molecule has 0 aliphatic carbocycles. The molecule has 0 heterocycles. The first kappa shape index (κ1) is 18.9. The van der Waals surface area contributed by atoms with Gasteiger partial charge in [0.2, 0.25) is 15.9 Å². The van der Waals surface area contributed by atoms with Crippen molar-refractivity contribution < 1.29 is 17.6 Å². The molecule has 0 spiro atoms. The van der Waals surface area contributed by atoms with Crippen molar-refractivity contribution in [3.8, 4) is 0 Å². The summed E-state index contributed by atoms with van der Waals surface area (Å²) in [6.45, 7) is 5.28. The van der Waals surface area contributed by atoms with E-state index in [-0.39, 0.29) is 5.69 Å². The highest BCUT2D eigenvalue weighted by Gasteiger charge is 2.29. The minimum Gasteiger partial charge on any atom is -0.324 e. The Balaban J connectivity index is 2.34. The van der Waals surface area contributed by atoms with E-state index in [1.807, 2.05) is 13.8 Å². The van der Waals surface area contributed by atoms with E-state index in [9.17, 15) is 17.6 Å². The van der Waals surface area contributed by atoms with Crippen molar-refractivity contribution in [1.82, 2.24) is 0 Å². The number of sulfonamides is 1. The number of halogens is 1. The maximum Gasteiger partial charge on any atom is 0.247 e. The Morgan fingerprint density at radius 3 is 2.36 bits per heavy atom. The molecular formula is C18H21FN2O3S. The molecule has 0 saturated carbocycles. The van der Waals surface area contributed by atoms with Gasteiger partial charge in [-0.2, -0.15) is 0 Å². The van der Waals surface area contributed by atoms with Crippen molar-refractivity contribution in [1.29, 1.82) is 0 Å². The number of amides is 1. The Labute approximate surface area is 147 Å². The molecule has 2 aromatic rings. The number of rotatable bonds is 5. The second kappa shape index (κ2) is 7.23. The Bertz CT molecular complexity index is 897. The third-order valence-corrected chi connectivity index (χ3v) is 5.17. The minimum atomic E-state index is -3.69. The van der Waals surface area contributed by atoms with Crippen LogP contribution in [0.1, 0.15) is 18.1 Å². The van der Waals surface area contributed by atoms with Crippen LogP contribution in [0.4, 0.5) is 15.8 Å². The fourth-order valence-corrected chi connectivity index (χ4v) is 3.65. The first-order chi connectivity index (χ1) is 11.6. The molecule has 1 amide bonds. The van der Waals surface area contributed by atoms with Crippen LogP contribution >= 0.6 is 0 Å². The van der Waals surface area contributed by atoms with Gasteiger partial charge in [-0.25, -0.2) is 12.8 Å². The lowest BCUT2D eigenvalue weighted by Crippen LogP contribution is -2.45. The number of nitrogens with zero attached hydrogens (tertiary/aromatic N) is 1. The van der Waals surface area contributed by atoms with E-state index in [4.69, 9.17) is 0 Å². The molecule has 2 aromatic carbocycles. The summed E-state index contributed by atoms with van der Waals surface area (Å²) >= 11 is 0. The first-order valence-electron chi connectivity index (χ1n) is 7.72. The second-order valence-corrected chi connectivity index (χ2v) is 7.86. The molecule has 0 aromatic heterocycles. The van der Waals surface area contributed by atoms with Crippen molar-refractivity contribution in [3.63, 3.8) is 0 Å². The Morgan fingerprint density at radius 2 is 1.80 bits per heavy atom. The van der Waals surface area contributed by atoms with Crippen molar-refractivity contribution in [2.24, 2.45) is 0 Å². The van der Waals surface area contributed by atoms with Gasteiger partial charge in [0, 0.05) is 5.69 Å². The van der Waals surface area contributed by atoms with Gasteiger partial charge >= 0.3 is 0 Å². The molecule has 5 nitrogen and oxygen atoms in total. The largest absolute Gasteiger partial charge is 0.324 e. The van der Waals surface area contributed by atoms with Crippen molar-refractivity contribution in [2.45, 2.75) is 26.8 Å². The number of carbonyl (C=O) groups excluding carboxylic acids is 1. The molecule has 0 radical (unpaired) electrons. The average Bonchev–Trinajstić information content (AvgIpc) is 2.49. The average molecular weight is 364 g/mol. The number of aryl methyl sites for hydroxylation is 2. The summed E-state index contributed by atoms with van der Waals surface area (Å²) in [7, 11) is -3.69. The van der Waals surface area contributed by atoms with Crippen molar-refractivity contribution in [2.75, 3.05) is 15.9 Å². The normalized spacial score (nSPS) is 12.5.